The van der Waals surface area contributed by atoms with Crippen LogP contribution < -0.4 is 5.32 Å². The summed E-state index contributed by atoms with van der Waals surface area (Å²) in [6.45, 7) is 0. The van der Waals surface area contributed by atoms with Crippen LogP contribution in [0.2, 0.25) is 5.02 Å². The van der Waals surface area contributed by atoms with Gasteiger partial charge in [0.05, 0.1) is 17.5 Å². The van der Waals surface area contributed by atoms with Gasteiger partial charge in [0.2, 0.25) is 5.91 Å². The number of phenolic OH excluding ortho intramolecular Hbond substituents is 1. The van der Waals surface area contributed by atoms with Gasteiger partial charge in [0.15, 0.2) is 0 Å². The van der Waals surface area contributed by atoms with Crippen LogP contribution >= 0.6 is 11.6 Å². The summed E-state index contributed by atoms with van der Waals surface area (Å²) in [6, 6.07) is 4.33. The topological polar surface area (TPSA) is 86.6 Å². The van der Waals surface area contributed by atoms with E-state index in [0.717, 1.165) is 0 Å². The maximum Gasteiger partial charge on any atom is 0.307 e. The first kappa shape index (κ1) is 13.9. The average Bonchev–Trinajstić information content (AvgIpc) is 3.03. The van der Waals surface area contributed by atoms with Crippen molar-refractivity contribution in [1.82, 2.24) is 0 Å². The standard InChI is InChI=1S/C15H14ClNO4/c16-9-3-4-11(18)10(6-9)17-14(19)12-7-1-2-8(5-7)13(12)15(20)21/h1-4,6-8,12-13,18H,5H2,(H,17,19)(H,20,21). The molecule has 1 aromatic carbocycles. The minimum Gasteiger partial charge on any atom is -0.506 e. The van der Waals surface area contributed by atoms with Gasteiger partial charge in [-0.1, -0.05) is 23.8 Å². The first-order valence-corrected chi connectivity index (χ1v) is 7.05. The number of hydrogen-bond acceptors (Lipinski definition) is 3. The molecule has 0 radical (unpaired) electrons. The molecule has 0 saturated heterocycles. The highest BCUT2D eigenvalue weighted by atomic mass is 35.5. The van der Waals surface area contributed by atoms with Gasteiger partial charge in [-0.3, -0.25) is 9.59 Å². The summed E-state index contributed by atoms with van der Waals surface area (Å²) < 4.78 is 0. The Morgan fingerprint density at radius 1 is 1.19 bits per heavy atom. The van der Waals surface area contributed by atoms with Gasteiger partial charge in [0.1, 0.15) is 5.75 Å². The van der Waals surface area contributed by atoms with Crippen LogP contribution in [-0.2, 0) is 9.59 Å². The third kappa shape index (κ3) is 2.38. The minimum atomic E-state index is -0.956. The Labute approximate surface area is 126 Å². The molecule has 0 aromatic heterocycles. The van der Waals surface area contributed by atoms with Crippen LogP contribution in [0.15, 0.2) is 30.4 Å². The lowest BCUT2D eigenvalue weighted by molar-refractivity contribution is -0.146. The zero-order valence-electron chi connectivity index (χ0n) is 11.0. The molecule has 1 saturated carbocycles. The van der Waals surface area contributed by atoms with Crippen LogP contribution in [-0.4, -0.2) is 22.1 Å². The number of halogens is 1. The van der Waals surface area contributed by atoms with Crippen LogP contribution in [0.25, 0.3) is 0 Å². The van der Waals surface area contributed by atoms with Gasteiger partial charge in [-0.25, -0.2) is 0 Å². The number of amides is 1. The van der Waals surface area contributed by atoms with Crippen LogP contribution in [0.5, 0.6) is 5.75 Å². The van der Waals surface area contributed by atoms with Crippen molar-refractivity contribution in [2.24, 2.45) is 23.7 Å². The fraction of sp³-hybridized carbons (Fsp3) is 0.333. The first-order valence-electron chi connectivity index (χ1n) is 6.68. The largest absolute Gasteiger partial charge is 0.506 e. The Balaban J connectivity index is 1.83. The van der Waals surface area contributed by atoms with E-state index in [4.69, 9.17) is 11.6 Å². The summed E-state index contributed by atoms with van der Waals surface area (Å²) in [5.74, 6) is -2.91. The third-order valence-electron chi connectivity index (χ3n) is 4.26. The number of carbonyl (C=O) groups excluding carboxylic acids is 1. The predicted octanol–water partition coefficient (Wildman–Crippen LogP) is 2.51. The van der Waals surface area contributed by atoms with Crippen molar-refractivity contribution in [2.45, 2.75) is 6.42 Å². The quantitative estimate of drug-likeness (QED) is 0.591. The second-order valence-corrected chi connectivity index (χ2v) is 5.93. The molecule has 6 heteroatoms. The molecular weight excluding hydrogens is 294 g/mol. The Morgan fingerprint density at radius 2 is 1.86 bits per heavy atom. The fourth-order valence-electron chi connectivity index (χ4n) is 3.34. The predicted molar refractivity (Wildman–Crippen MR) is 77.1 cm³/mol. The number of fused-ring (bicyclic) bond motifs is 2. The normalized spacial score (nSPS) is 29.6. The lowest BCUT2D eigenvalue weighted by Gasteiger charge is -2.24. The number of carboxylic acid groups (broad SMARTS) is 1. The molecule has 4 atom stereocenters. The van der Waals surface area contributed by atoms with Crippen LogP contribution in [0.3, 0.4) is 0 Å². The summed E-state index contributed by atoms with van der Waals surface area (Å²) in [5.41, 5.74) is 0.198. The van der Waals surface area contributed by atoms with Crippen molar-refractivity contribution in [3.8, 4) is 5.75 Å². The number of carbonyl (C=O) groups is 2. The second kappa shape index (κ2) is 5.07. The van der Waals surface area contributed by atoms with Gasteiger partial charge in [-0.15, -0.1) is 0 Å². The maximum atomic E-state index is 12.4. The molecule has 21 heavy (non-hydrogen) atoms. The summed E-state index contributed by atoms with van der Waals surface area (Å²) >= 11 is 5.83. The van der Waals surface area contributed by atoms with Gasteiger partial charge in [0, 0.05) is 5.02 Å². The van der Waals surface area contributed by atoms with Gasteiger partial charge in [0.25, 0.3) is 0 Å². The van der Waals surface area contributed by atoms with Crippen molar-refractivity contribution in [1.29, 1.82) is 0 Å². The number of carboxylic acids is 1. The third-order valence-corrected chi connectivity index (χ3v) is 4.50. The number of hydrogen-bond donors (Lipinski definition) is 3. The number of aromatic hydroxyl groups is 1. The van der Waals surface area contributed by atoms with E-state index in [1.165, 1.54) is 18.2 Å². The van der Waals surface area contributed by atoms with Gasteiger partial charge in [-0.05, 0) is 36.5 Å². The summed E-state index contributed by atoms with van der Waals surface area (Å²) in [6.07, 6.45) is 4.48. The highest BCUT2D eigenvalue weighted by Crippen LogP contribution is 2.48. The molecule has 0 spiro atoms. The molecule has 1 fully saturated rings. The average molecular weight is 308 g/mol. The molecule has 4 unspecified atom stereocenters. The van der Waals surface area contributed by atoms with Crippen LogP contribution in [0.4, 0.5) is 5.69 Å². The number of allylic oxidation sites excluding steroid dienone is 2. The molecule has 3 N–H and O–H groups in total. The molecule has 0 aliphatic heterocycles. The van der Waals surface area contributed by atoms with Crippen molar-refractivity contribution in [3.05, 3.63) is 35.4 Å². The maximum absolute atomic E-state index is 12.4. The van der Waals surface area contributed by atoms with Crippen LogP contribution in [0.1, 0.15) is 6.42 Å². The van der Waals surface area contributed by atoms with E-state index in [1.807, 2.05) is 12.2 Å². The van der Waals surface area contributed by atoms with Crippen molar-refractivity contribution in [3.63, 3.8) is 0 Å². The number of benzene rings is 1. The molecule has 1 amide bonds. The minimum absolute atomic E-state index is 0.0579. The number of phenols is 1. The Kier molecular flexibility index (Phi) is 3.37. The Morgan fingerprint density at radius 3 is 2.52 bits per heavy atom. The Hall–Kier alpha value is -2.01. The number of nitrogens with one attached hydrogen (secondary N) is 1. The zero-order chi connectivity index (χ0) is 15.1. The highest BCUT2D eigenvalue weighted by Gasteiger charge is 2.51. The molecule has 2 aliphatic carbocycles. The SMILES string of the molecule is O=C(O)C1C2C=CC(C2)C1C(=O)Nc1cc(Cl)ccc1O. The molecule has 5 nitrogen and oxygen atoms in total. The van der Waals surface area contributed by atoms with Gasteiger partial charge >= 0.3 is 5.97 Å². The van der Waals surface area contributed by atoms with Crippen LogP contribution in [0, 0.1) is 23.7 Å². The summed E-state index contributed by atoms with van der Waals surface area (Å²) in [7, 11) is 0. The second-order valence-electron chi connectivity index (χ2n) is 5.49. The molecule has 2 bridgehead atoms. The van der Waals surface area contributed by atoms with E-state index in [2.05, 4.69) is 5.32 Å². The summed E-state index contributed by atoms with van der Waals surface area (Å²) in [4.78, 5) is 23.8. The van der Waals surface area contributed by atoms with Crippen molar-refractivity contribution in [2.75, 3.05) is 5.32 Å². The molecule has 3 rings (SSSR count). The van der Waals surface area contributed by atoms with Crippen molar-refractivity contribution < 1.29 is 19.8 Å². The van der Waals surface area contributed by atoms with Crippen molar-refractivity contribution >= 4 is 29.2 Å². The molecule has 2 aliphatic rings. The Bertz CT molecular complexity index is 643. The van der Waals surface area contributed by atoms with E-state index < -0.39 is 23.7 Å². The summed E-state index contributed by atoms with van der Waals surface area (Å²) in [5, 5.41) is 22.0. The lowest BCUT2D eigenvalue weighted by Crippen LogP contribution is -2.36. The monoisotopic (exact) mass is 307 g/mol. The zero-order valence-corrected chi connectivity index (χ0v) is 11.7. The number of rotatable bonds is 3. The molecule has 1 aromatic rings. The van der Waals surface area contributed by atoms with E-state index in [9.17, 15) is 19.8 Å². The number of anilines is 1. The van der Waals surface area contributed by atoms with Gasteiger partial charge < -0.3 is 15.5 Å². The highest BCUT2D eigenvalue weighted by molar-refractivity contribution is 6.31. The smallest absolute Gasteiger partial charge is 0.307 e. The first-order chi connectivity index (χ1) is 9.97. The van der Waals surface area contributed by atoms with E-state index in [0.29, 0.717) is 11.4 Å². The van der Waals surface area contributed by atoms with E-state index in [1.54, 1.807) is 0 Å². The lowest BCUT2D eigenvalue weighted by atomic mass is 9.82. The molecule has 110 valence electrons. The fourth-order valence-corrected chi connectivity index (χ4v) is 3.51. The van der Waals surface area contributed by atoms with E-state index in [-0.39, 0.29) is 23.3 Å². The van der Waals surface area contributed by atoms with E-state index >= 15 is 0 Å². The molecule has 0 heterocycles. The number of aliphatic carboxylic acids is 1. The van der Waals surface area contributed by atoms with Gasteiger partial charge in [-0.2, -0.15) is 0 Å². The molecular formula is C15H14ClNO4.